The van der Waals surface area contributed by atoms with Crippen LogP contribution >= 0.6 is 11.3 Å². The van der Waals surface area contributed by atoms with E-state index >= 15 is 0 Å². The Kier molecular flexibility index (Phi) is 5.57. The molecule has 2 rings (SSSR count). The molecule has 112 valence electrons. The van der Waals surface area contributed by atoms with Crippen LogP contribution < -0.4 is 10.1 Å². The number of carbonyl (C=O) groups excluding carboxylic acids is 1. The first-order valence-electron chi connectivity index (χ1n) is 6.77. The molecule has 0 radical (unpaired) electrons. The van der Waals surface area contributed by atoms with Crippen LogP contribution in [0.3, 0.4) is 0 Å². The second-order valence-corrected chi connectivity index (χ2v) is 5.49. The molecule has 0 bridgehead atoms. The van der Waals surface area contributed by atoms with E-state index in [4.69, 9.17) is 4.74 Å². The van der Waals surface area contributed by atoms with Crippen LogP contribution in [-0.2, 0) is 13.1 Å². The molecule has 21 heavy (non-hydrogen) atoms. The predicted molar refractivity (Wildman–Crippen MR) is 83.4 cm³/mol. The lowest BCUT2D eigenvalue weighted by molar-refractivity contribution is 0.198. The van der Waals surface area contributed by atoms with Gasteiger partial charge in [0.25, 0.3) is 0 Å². The van der Waals surface area contributed by atoms with E-state index in [1.165, 1.54) is 4.88 Å². The van der Waals surface area contributed by atoms with Gasteiger partial charge in [-0.05, 0) is 23.9 Å². The molecule has 0 aliphatic rings. The summed E-state index contributed by atoms with van der Waals surface area (Å²) in [5, 5.41) is 4.93. The Morgan fingerprint density at radius 1 is 1.43 bits per heavy atom. The van der Waals surface area contributed by atoms with Gasteiger partial charge in [0.2, 0.25) is 5.88 Å². The van der Waals surface area contributed by atoms with Crippen molar-refractivity contribution in [2.75, 3.05) is 13.7 Å². The fraction of sp³-hybridized carbons (Fsp3) is 0.333. The molecule has 2 aromatic rings. The molecule has 2 aromatic heterocycles. The first-order valence-corrected chi connectivity index (χ1v) is 7.65. The molecule has 2 heterocycles. The number of ether oxygens (including phenoxy) is 1. The lowest BCUT2D eigenvalue weighted by atomic mass is 10.3. The molecule has 0 fully saturated rings. The number of methoxy groups -OCH3 is 1. The van der Waals surface area contributed by atoms with E-state index in [0.717, 1.165) is 5.56 Å². The van der Waals surface area contributed by atoms with Crippen molar-refractivity contribution in [1.82, 2.24) is 15.2 Å². The number of hydrogen-bond acceptors (Lipinski definition) is 4. The van der Waals surface area contributed by atoms with Crippen LogP contribution in [0, 0.1) is 0 Å². The summed E-state index contributed by atoms with van der Waals surface area (Å²) in [4.78, 5) is 19.2. The predicted octanol–water partition coefficient (Wildman–Crippen LogP) is 2.88. The summed E-state index contributed by atoms with van der Waals surface area (Å²) in [6, 6.07) is 7.64. The van der Waals surface area contributed by atoms with Gasteiger partial charge < -0.3 is 15.0 Å². The maximum absolute atomic E-state index is 12.2. The van der Waals surface area contributed by atoms with Gasteiger partial charge in [-0.25, -0.2) is 9.78 Å². The van der Waals surface area contributed by atoms with Gasteiger partial charge in [-0.3, -0.25) is 0 Å². The zero-order valence-corrected chi connectivity index (χ0v) is 13.0. The highest BCUT2D eigenvalue weighted by atomic mass is 32.1. The maximum atomic E-state index is 12.2. The van der Waals surface area contributed by atoms with Gasteiger partial charge in [-0.2, -0.15) is 0 Å². The van der Waals surface area contributed by atoms with Gasteiger partial charge in [-0.15, -0.1) is 11.3 Å². The average molecular weight is 305 g/mol. The van der Waals surface area contributed by atoms with Crippen LogP contribution in [0.25, 0.3) is 0 Å². The lowest BCUT2D eigenvalue weighted by Gasteiger charge is -2.20. The number of carbonyl (C=O) groups is 1. The number of urea groups is 1. The minimum Gasteiger partial charge on any atom is -0.481 e. The number of nitrogens with one attached hydrogen (secondary N) is 1. The van der Waals surface area contributed by atoms with Crippen molar-refractivity contribution in [3.8, 4) is 5.88 Å². The molecule has 0 aromatic carbocycles. The van der Waals surface area contributed by atoms with E-state index in [2.05, 4.69) is 10.3 Å². The number of amides is 2. The fourth-order valence-corrected chi connectivity index (χ4v) is 2.56. The monoisotopic (exact) mass is 305 g/mol. The van der Waals surface area contributed by atoms with E-state index < -0.39 is 0 Å². The number of nitrogens with zero attached hydrogens (tertiary/aromatic N) is 2. The van der Waals surface area contributed by atoms with E-state index in [1.54, 1.807) is 35.6 Å². The minimum absolute atomic E-state index is 0.0679. The summed E-state index contributed by atoms with van der Waals surface area (Å²) < 4.78 is 5.00. The van der Waals surface area contributed by atoms with Gasteiger partial charge in [0.1, 0.15) is 0 Å². The zero-order chi connectivity index (χ0) is 15.1. The molecule has 5 nitrogen and oxygen atoms in total. The quantitative estimate of drug-likeness (QED) is 0.893. The molecule has 0 atom stereocenters. The van der Waals surface area contributed by atoms with E-state index in [0.29, 0.717) is 25.5 Å². The Hall–Kier alpha value is -2.08. The van der Waals surface area contributed by atoms with Crippen LogP contribution in [0.2, 0.25) is 0 Å². The Morgan fingerprint density at radius 3 is 2.86 bits per heavy atom. The van der Waals surface area contributed by atoms with Gasteiger partial charge in [-0.1, -0.05) is 12.1 Å². The normalized spacial score (nSPS) is 10.2. The fourth-order valence-electron chi connectivity index (χ4n) is 1.84. The topological polar surface area (TPSA) is 54.5 Å². The molecule has 0 aliphatic heterocycles. The average Bonchev–Trinajstić information content (AvgIpc) is 3.03. The van der Waals surface area contributed by atoms with Crippen molar-refractivity contribution in [1.29, 1.82) is 0 Å². The molecule has 0 saturated carbocycles. The summed E-state index contributed by atoms with van der Waals surface area (Å²) in [6.45, 7) is 3.74. The van der Waals surface area contributed by atoms with Gasteiger partial charge in [0.15, 0.2) is 0 Å². The largest absolute Gasteiger partial charge is 0.481 e. The highest BCUT2D eigenvalue weighted by molar-refractivity contribution is 7.09. The third-order valence-corrected chi connectivity index (χ3v) is 3.91. The van der Waals surface area contributed by atoms with E-state index in [9.17, 15) is 4.79 Å². The van der Waals surface area contributed by atoms with Crippen LogP contribution in [0.1, 0.15) is 17.4 Å². The summed E-state index contributed by atoms with van der Waals surface area (Å²) >= 11 is 1.66. The molecular weight excluding hydrogens is 286 g/mol. The third-order valence-electron chi connectivity index (χ3n) is 3.05. The SMILES string of the molecule is CCN(Cc1cccs1)C(=O)NCc1ccc(OC)nc1. The molecular formula is C15H19N3O2S. The molecule has 0 spiro atoms. The summed E-state index contributed by atoms with van der Waals surface area (Å²) in [6.07, 6.45) is 1.70. The van der Waals surface area contributed by atoms with Gasteiger partial charge >= 0.3 is 6.03 Å². The van der Waals surface area contributed by atoms with Crippen LogP contribution in [0.5, 0.6) is 5.88 Å². The number of pyridine rings is 1. The molecule has 0 aliphatic carbocycles. The van der Waals surface area contributed by atoms with Crippen LogP contribution in [-0.4, -0.2) is 29.6 Å². The Bertz CT molecular complexity index is 555. The van der Waals surface area contributed by atoms with Gasteiger partial charge in [0.05, 0.1) is 13.7 Å². The van der Waals surface area contributed by atoms with Crippen LogP contribution in [0.4, 0.5) is 4.79 Å². The number of aromatic nitrogens is 1. The standard InChI is InChI=1S/C15H19N3O2S/c1-3-18(11-13-5-4-8-21-13)15(19)17-10-12-6-7-14(20-2)16-9-12/h4-9H,3,10-11H2,1-2H3,(H,17,19). The minimum atomic E-state index is -0.0679. The highest BCUT2D eigenvalue weighted by Gasteiger charge is 2.12. The van der Waals surface area contributed by atoms with E-state index in [-0.39, 0.29) is 6.03 Å². The van der Waals surface area contributed by atoms with Crippen molar-refractivity contribution >= 4 is 17.4 Å². The van der Waals surface area contributed by atoms with Gasteiger partial charge in [0, 0.05) is 30.2 Å². The smallest absolute Gasteiger partial charge is 0.317 e. The number of thiophene rings is 1. The van der Waals surface area contributed by atoms with Crippen molar-refractivity contribution in [3.05, 3.63) is 46.3 Å². The molecule has 1 N–H and O–H groups in total. The first-order chi connectivity index (χ1) is 10.2. The second-order valence-electron chi connectivity index (χ2n) is 4.46. The molecule has 6 heteroatoms. The van der Waals surface area contributed by atoms with Crippen LogP contribution in [0.15, 0.2) is 35.8 Å². The zero-order valence-electron chi connectivity index (χ0n) is 12.2. The number of rotatable bonds is 6. The van der Waals surface area contributed by atoms with Crippen molar-refractivity contribution < 1.29 is 9.53 Å². The third kappa shape index (κ3) is 4.46. The maximum Gasteiger partial charge on any atom is 0.317 e. The highest BCUT2D eigenvalue weighted by Crippen LogP contribution is 2.12. The molecule has 0 unspecified atom stereocenters. The van der Waals surface area contributed by atoms with E-state index in [1.807, 2.05) is 30.5 Å². The first kappa shape index (κ1) is 15.3. The van der Waals surface area contributed by atoms with Crippen molar-refractivity contribution in [3.63, 3.8) is 0 Å². The van der Waals surface area contributed by atoms with Crippen molar-refractivity contribution in [2.45, 2.75) is 20.0 Å². The lowest BCUT2D eigenvalue weighted by Crippen LogP contribution is -2.38. The molecule has 2 amide bonds. The summed E-state index contributed by atoms with van der Waals surface area (Å²) in [7, 11) is 1.58. The summed E-state index contributed by atoms with van der Waals surface area (Å²) in [5.74, 6) is 0.568. The molecule has 0 saturated heterocycles. The Morgan fingerprint density at radius 2 is 2.29 bits per heavy atom. The Labute approximate surface area is 128 Å². The second kappa shape index (κ2) is 7.64. The Balaban J connectivity index is 1.86. The van der Waals surface area contributed by atoms with Crippen molar-refractivity contribution in [2.24, 2.45) is 0 Å². The summed E-state index contributed by atoms with van der Waals surface area (Å²) in [5.41, 5.74) is 0.941. The number of hydrogen-bond donors (Lipinski definition) is 1.